The Kier molecular flexibility index (Phi) is 7.26. The number of benzene rings is 3. The van der Waals surface area contributed by atoms with Crippen molar-refractivity contribution in [3.05, 3.63) is 78.4 Å². The van der Waals surface area contributed by atoms with Gasteiger partial charge in [0.05, 0.1) is 26.9 Å². The second kappa shape index (κ2) is 9.87. The molecule has 0 aromatic heterocycles. The highest BCUT2D eigenvalue weighted by atomic mass is 16.5. The highest BCUT2D eigenvalue weighted by molar-refractivity contribution is 5.91. The molecule has 0 saturated heterocycles. The van der Waals surface area contributed by atoms with Crippen LogP contribution in [0, 0.1) is 0 Å². The summed E-state index contributed by atoms with van der Waals surface area (Å²) in [6.45, 7) is 0. The van der Waals surface area contributed by atoms with E-state index in [-0.39, 0.29) is 22.8 Å². The van der Waals surface area contributed by atoms with E-state index in [9.17, 15) is 9.90 Å². The highest BCUT2D eigenvalue weighted by Crippen LogP contribution is 2.37. The number of phenolic OH excluding ortho intramolecular Hbond substituents is 1. The van der Waals surface area contributed by atoms with Crippen LogP contribution in [0.4, 0.5) is 0 Å². The van der Waals surface area contributed by atoms with Crippen LogP contribution in [0.3, 0.4) is 0 Å². The van der Waals surface area contributed by atoms with Gasteiger partial charge < -0.3 is 19.3 Å². The molecular formula is C22H22O5. The second-order valence-electron chi connectivity index (χ2n) is 5.45. The zero-order valence-electron chi connectivity index (χ0n) is 15.5. The molecule has 1 N–H and O–H groups in total. The van der Waals surface area contributed by atoms with Gasteiger partial charge in [0.15, 0.2) is 11.5 Å². The Labute approximate surface area is 158 Å². The molecule has 0 bridgehead atoms. The van der Waals surface area contributed by atoms with Gasteiger partial charge in [-0.05, 0) is 23.3 Å². The maximum Gasteiger partial charge on any atom is 0.338 e. The third-order valence-electron chi connectivity index (χ3n) is 3.78. The van der Waals surface area contributed by atoms with Crippen molar-refractivity contribution in [2.24, 2.45) is 0 Å². The van der Waals surface area contributed by atoms with Gasteiger partial charge in [-0.15, -0.1) is 0 Å². The molecule has 0 saturated carbocycles. The predicted octanol–water partition coefficient (Wildman–Crippen LogP) is 4.55. The number of esters is 1. The van der Waals surface area contributed by atoms with Crippen molar-refractivity contribution in [3.63, 3.8) is 0 Å². The van der Waals surface area contributed by atoms with Crippen molar-refractivity contribution in [1.29, 1.82) is 0 Å². The first kappa shape index (κ1) is 19.8. The number of carbonyl (C=O) groups excluding carboxylic acids is 1. The predicted molar refractivity (Wildman–Crippen MR) is 104 cm³/mol. The molecule has 0 aliphatic heterocycles. The van der Waals surface area contributed by atoms with Crippen molar-refractivity contribution in [3.8, 4) is 28.4 Å². The largest absolute Gasteiger partial charge is 0.502 e. The van der Waals surface area contributed by atoms with Crippen molar-refractivity contribution in [1.82, 2.24) is 0 Å². The van der Waals surface area contributed by atoms with Gasteiger partial charge in [0, 0.05) is 0 Å². The Morgan fingerprint density at radius 3 is 1.48 bits per heavy atom. The van der Waals surface area contributed by atoms with Crippen LogP contribution in [-0.2, 0) is 4.74 Å². The lowest BCUT2D eigenvalue weighted by Gasteiger charge is -2.09. The smallest absolute Gasteiger partial charge is 0.338 e. The van der Waals surface area contributed by atoms with E-state index in [1.165, 1.54) is 44.6 Å². The SMILES string of the molecule is COC(=O)c1cc(OC)c(O)c(OC)c1.c1ccc(-c2ccccc2)cc1. The molecule has 0 amide bonds. The zero-order valence-corrected chi connectivity index (χ0v) is 15.5. The van der Waals surface area contributed by atoms with Crippen LogP contribution in [0.1, 0.15) is 10.4 Å². The summed E-state index contributed by atoms with van der Waals surface area (Å²) in [6, 6.07) is 23.5. The molecule has 0 fully saturated rings. The summed E-state index contributed by atoms with van der Waals surface area (Å²) in [6.07, 6.45) is 0. The van der Waals surface area contributed by atoms with Gasteiger partial charge in [0.25, 0.3) is 0 Å². The molecule has 0 aliphatic rings. The first-order chi connectivity index (χ1) is 13.1. The number of ether oxygens (including phenoxy) is 3. The molecular weight excluding hydrogens is 344 g/mol. The second-order valence-corrected chi connectivity index (χ2v) is 5.45. The van der Waals surface area contributed by atoms with Crippen LogP contribution in [0.5, 0.6) is 17.2 Å². The summed E-state index contributed by atoms with van der Waals surface area (Å²) in [7, 11) is 4.04. The summed E-state index contributed by atoms with van der Waals surface area (Å²) in [5.74, 6) is -0.344. The van der Waals surface area contributed by atoms with Gasteiger partial charge in [-0.25, -0.2) is 4.79 Å². The fourth-order valence-corrected chi connectivity index (χ4v) is 2.39. The number of aromatic hydroxyl groups is 1. The van der Waals surface area contributed by atoms with Crippen molar-refractivity contribution in [2.75, 3.05) is 21.3 Å². The zero-order chi connectivity index (χ0) is 19.6. The van der Waals surface area contributed by atoms with Gasteiger partial charge >= 0.3 is 5.97 Å². The molecule has 5 heteroatoms. The number of phenols is 1. The number of hydrogen-bond acceptors (Lipinski definition) is 5. The molecule has 27 heavy (non-hydrogen) atoms. The van der Waals surface area contributed by atoms with E-state index in [0.717, 1.165) is 0 Å². The Balaban J connectivity index is 0.000000198. The van der Waals surface area contributed by atoms with Crippen LogP contribution < -0.4 is 9.47 Å². The van der Waals surface area contributed by atoms with Crippen molar-refractivity contribution in [2.45, 2.75) is 0 Å². The molecule has 0 aliphatic carbocycles. The van der Waals surface area contributed by atoms with E-state index in [0.29, 0.717) is 0 Å². The molecule has 0 spiro atoms. The van der Waals surface area contributed by atoms with Crippen LogP contribution >= 0.6 is 0 Å². The average Bonchev–Trinajstić information content (AvgIpc) is 2.75. The number of carbonyl (C=O) groups is 1. The molecule has 3 aromatic rings. The quantitative estimate of drug-likeness (QED) is 0.686. The van der Waals surface area contributed by atoms with E-state index in [1.807, 2.05) is 12.1 Å². The molecule has 0 radical (unpaired) electrons. The Hall–Kier alpha value is -3.47. The van der Waals surface area contributed by atoms with Gasteiger partial charge in [0.1, 0.15) is 0 Å². The fourth-order valence-electron chi connectivity index (χ4n) is 2.39. The van der Waals surface area contributed by atoms with Crippen LogP contribution in [0.15, 0.2) is 72.8 Å². The van der Waals surface area contributed by atoms with Crippen LogP contribution in [-0.4, -0.2) is 32.4 Å². The Morgan fingerprint density at radius 2 is 1.15 bits per heavy atom. The van der Waals surface area contributed by atoms with Crippen molar-refractivity contribution >= 4 is 5.97 Å². The molecule has 0 unspecified atom stereocenters. The molecule has 140 valence electrons. The highest BCUT2D eigenvalue weighted by Gasteiger charge is 2.15. The van der Waals surface area contributed by atoms with Crippen LogP contribution in [0.2, 0.25) is 0 Å². The van der Waals surface area contributed by atoms with E-state index >= 15 is 0 Å². The lowest BCUT2D eigenvalue weighted by atomic mass is 10.1. The van der Waals surface area contributed by atoms with E-state index in [4.69, 9.17) is 9.47 Å². The number of methoxy groups -OCH3 is 3. The van der Waals surface area contributed by atoms with E-state index in [2.05, 4.69) is 53.3 Å². The molecule has 3 rings (SSSR count). The maximum absolute atomic E-state index is 11.2. The normalized spacial score (nSPS) is 9.59. The first-order valence-electron chi connectivity index (χ1n) is 8.24. The Bertz CT molecular complexity index is 798. The van der Waals surface area contributed by atoms with Gasteiger partial charge in [-0.2, -0.15) is 0 Å². The number of hydrogen-bond donors (Lipinski definition) is 1. The monoisotopic (exact) mass is 366 g/mol. The summed E-state index contributed by atoms with van der Waals surface area (Å²) in [4.78, 5) is 11.2. The third-order valence-corrected chi connectivity index (χ3v) is 3.78. The molecule has 5 nitrogen and oxygen atoms in total. The summed E-state index contributed by atoms with van der Waals surface area (Å²) >= 11 is 0. The molecule has 3 aromatic carbocycles. The first-order valence-corrected chi connectivity index (χ1v) is 8.24. The Morgan fingerprint density at radius 1 is 0.741 bits per heavy atom. The summed E-state index contributed by atoms with van der Waals surface area (Å²) < 4.78 is 14.3. The standard InChI is InChI=1S/C12H10.C10H12O5/c1-3-7-11(8-4-1)12-9-5-2-6-10-12;1-13-7-4-6(10(12)15-3)5-8(14-2)9(7)11/h1-10H;4-5,11H,1-3H3. The van der Waals surface area contributed by atoms with Gasteiger partial charge in [-0.3, -0.25) is 0 Å². The minimum Gasteiger partial charge on any atom is -0.502 e. The summed E-state index contributed by atoms with van der Waals surface area (Å²) in [5.41, 5.74) is 2.81. The van der Waals surface area contributed by atoms with Crippen molar-refractivity contribution < 1.29 is 24.1 Å². The van der Waals surface area contributed by atoms with Gasteiger partial charge in [-0.1, -0.05) is 60.7 Å². The molecule has 0 atom stereocenters. The fraction of sp³-hybridized carbons (Fsp3) is 0.136. The molecule has 0 heterocycles. The third kappa shape index (κ3) is 5.25. The average molecular weight is 366 g/mol. The summed E-state index contributed by atoms with van der Waals surface area (Å²) in [5, 5.41) is 9.57. The minimum absolute atomic E-state index is 0.146. The lowest BCUT2D eigenvalue weighted by molar-refractivity contribution is 0.0600. The van der Waals surface area contributed by atoms with E-state index < -0.39 is 5.97 Å². The van der Waals surface area contributed by atoms with E-state index in [1.54, 1.807) is 0 Å². The topological polar surface area (TPSA) is 65.0 Å². The minimum atomic E-state index is -0.522. The van der Waals surface area contributed by atoms with Gasteiger partial charge in [0.2, 0.25) is 5.75 Å². The van der Waals surface area contributed by atoms with Crippen LogP contribution in [0.25, 0.3) is 11.1 Å². The maximum atomic E-state index is 11.2. The lowest BCUT2D eigenvalue weighted by Crippen LogP contribution is -2.02. The number of rotatable bonds is 4.